The van der Waals surface area contributed by atoms with E-state index in [1.165, 1.54) is 0 Å². The summed E-state index contributed by atoms with van der Waals surface area (Å²) in [6.45, 7) is 0.299. The van der Waals surface area contributed by atoms with Crippen LogP contribution in [0.2, 0.25) is 5.02 Å². The fraction of sp³-hybridized carbons (Fsp3) is 0.143. The van der Waals surface area contributed by atoms with Crippen LogP contribution in [0.4, 0.5) is 0 Å². The van der Waals surface area contributed by atoms with Crippen LogP contribution in [-0.2, 0) is 13.6 Å². The Labute approximate surface area is 121 Å². The standard InChI is InChI=1S/C14H13ClN4O/c1-19-8-18-13-11(19)5-6-17-14(13)20-12-4-2-3-10(15)9(12)7-16/h2-6,8H,7,16H2,1H3. The second-order valence-corrected chi connectivity index (χ2v) is 4.77. The van der Waals surface area contributed by atoms with E-state index in [0.29, 0.717) is 28.7 Å². The van der Waals surface area contributed by atoms with Crippen LogP contribution in [0.1, 0.15) is 5.56 Å². The van der Waals surface area contributed by atoms with Gasteiger partial charge < -0.3 is 15.0 Å². The second kappa shape index (κ2) is 5.11. The molecule has 6 heteroatoms. The van der Waals surface area contributed by atoms with Crippen LogP contribution in [0, 0.1) is 0 Å². The van der Waals surface area contributed by atoms with Crippen LogP contribution < -0.4 is 10.5 Å². The number of halogens is 1. The van der Waals surface area contributed by atoms with Gasteiger partial charge in [0.1, 0.15) is 5.75 Å². The van der Waals surface area contributed by atoms with E-state index in [4.69, 9.17) is 22.1 Å². The van der Waals surface area contributed by atoms with Crippen LogP contribution >= 0.6 is 11.6 Å². The normalized spacial score (nSPS) is 10.9. The van der Waals surface area contributed by atoms with E-state index >= 15 is 0 Å². The fourth-order valence-electron chi connectivity index (χ4n) is 2.05. The monoisotopic (exact) mass is 288 g/mol. The maximum absolute atomic E-state index is 6.12. The molecule has 0 bridgehead atoms. The molecule has 0 atom stereocenters. The van der Waals surface area contributed by atoms with Crippen LogP contribution in [0.15, 0.2) is 36.8 Å². The first-order valence-corrected chi connectivity index (χ1v) is 6.50. The van der Waals surface area contributed by atoms with Gasteiger partial charge in [-0.1, -0.05) is 17.7 Å². The Morgan fingerprint density at radius 2 is 2.15 bits per heavy atom. The van der Waals surface area contributed by atoms with Crippen molar-refractivity contribution in [3.8, 4) is 11.6 Å². The molecule has 3 rings (SSSR count). The Morgan fingerprint density at radius 3 is 2.95 bits per heavy atom. The number of hydrogen-bond donors (Lipinski definition) is 1. The maximum atomic E-state index is 6.12. The molecule has 0 saturated heterocycles. The molecule has 2 N–H and O–H groups in total. The Bertz CT molecular complexity index is 769. The van der Waals surface area contributed by atoms with Crippen molar-refractivity contribution in [3.05, 3.63) is 47.4 Å². The number of pyridine rings is 1. The lowest BCUT2D eigenvalue weighted by molar-refractivity contribution is 0.462. The minimum absolute atomic E-state index is 0.299. The van der Waals surface area contributed by atoms with E-state index in [-0.39, 0.29) is 0 Å². The van der Waals surface area contributed by atoms with Crippen molar-refractivity contribution in [2.75, 3.05) is 0 Å². The number of ether oxygens (including phenoxy) is 1. The number of benzene rings is 1. The number of fused-ring (bicyclic) bond motifs is 1. The topological polar surface area (TPSA) is 66.0 Å². The SMILES string of the molecule is Cn1cnc2c(Oc3cccc(Cl)c3CN)nccc21. The third kappa shape index (κ3) is 2.11. The van der Waals surface area contributed by atoms with Gasteiger partial charge in [-0.05, 0) is 18.2 Å². The lowest BCUT2D eigenvalue weighted by atomic mass is 10.2. The minimum Gasteiger partial charge on any atom is -0.437 e. The lowest BCUT2D eigenvalue weighted by Crippen LogP contribution is -2.01. The van der Waals surface area contributed by atoms with Crippen molar-refractivity contribution in [2.24, 2.45) is 12.8 Å². The maximum Gasteiger partial charge on any atom is 0.247 e. The van der Waals surface area contributed by atoms with Gasteiger partial charge in [0.15, 0.2) is 5.52 Å². The molecule has 2 aromatic heterocycles. The zero-order valence-electron chi connectivity index (χ0n) is 10.9. The summed E-state index contributed by atoms with van der Waals surface area (Å²) in [6, 6.07) is 7.30. The lowest BCUT2D eigenvalue weighted by Gasteiger charge is -2.10. The quantitative estimate of drug-likeness (QED) is 0.805. The van der Waals surface area contributed by atoms with Crippen molar-refractivity contribution >= 4 is 22.6 Å². The molecule has 0 aliphatic rings. The van der Waals surface area contributed by atoms with Crippen molar-refractivity contribution in [3.63, 3.8) is 0 Å². The summed E-state index contributed by atoms with van der Waals surface area (Å²) in [5.74, 6) is 1.05. The largest absolute Gasteiger partial charge is 0.437 e. The Hall–Kier alpha value is -2.11. The van der Waals surface area contributed by atoms with E-state index in [1.807, 2.05) is 29.8 Å². The average Bonchev–Trinajstić information content (AvgIpc) is 2.82. The third-order valence-corrected chi connectivity index (χ3v) is 3.45. The van der Waals surface area contributed by atoms with E-state index in [1.54, 1.807) is 18.6 Å². The smallest absolute Gasteiger partial charge is 0.247 e. The van der Waals surface area contributed by atoms with Gasteiger partial charge in [-0.15, -0.1) is 0 Å². The third-order valence-electron chi connectivity index (χ3n) is 3.10. The molecular weight excluding hydrogens is 276 g/mol. The molecule has 0 saturated carbocycles. The minimum atomic E-state index is 0.299. The van der Waals surface area contributed by atoms with Crippen LogP contribution in [0.25, 0.3) is 11.0 Å². The zero-order chi connectivity index (χ0) is 14.1. The molecule has 3 aromatic rings. The van der Waals surface area contributed by atoms with Gasteiger partial charge in [-0.25, -0.2) is 9.97 Å². The highest BCUT2D eigenvalue weighted by molar-refractivity contribution is 6.31. The summed E-state index contributed by atoms with van der Waals surface area (Å²) in [7, 11) is 1.92. The summed E-state index contributed by atoms with van der Waals surface area (Å²) in [4.78, 5) is 8.54. The molecule has 5 nitrogen and oxygen atoms in total. The van der Waals surface area contributed by atoms with E-state index < -0.39 is 0 Å². The number of imidazole rings is 1. The van der Waals surface area contributed by atoms with Gasteiger partial charge >= 0.3 is 0 Å². The molecule has 0 spiro atoms. The van der Waals surface area contributed by atoms with Gasteiger partial charge in [0, 0.05) is 30.4 Å². The molecule has 1 aromatic carbocycles. The fourth-order valence-corrected chi connectivity index (χ4v) is 2.29. The predicted molar refractivity (Wildman–Crippen MR) is 77.9 cm³/mol. The highest BCUT2D eigenvalue weighted by Crippen LogP contribution is 2.31. The number of aryl methyl sites for hydroxylation is 1. The van der Waals surface area contributed by atoms with E-state index in [9.17, 15) is 0 Å². The van der Waals surface area contributed by atoms with E-state index in [2.05, 4.69) is 9.97 Å². The summed E-state index contributed by atoms with van der Waals surface area (Å²) in [5, 5.41) is 0.582. The first-order valence-electron chi connectivity index (χ1n) is 6.12. The van der Waals surface area contributed by atoms with Crippen LogP contribution in [0.3, 0.4) is 0 Å². The number of nitrogens with two attached hydrogens (primary N) is 1. The molecule has 0 aliphatic heterocycles. The highest BCUT2D eigenvalue weighted by Gasteiger charge is 2.12. The molecule has 2 heterocycles. The van der Waals surface area contributed by atoms with Crippen LogP contribution in [0.5, 0.6) is 11.6 Å². The van der Waals surface area contributed by atoms with E-state index in [0.717, 1.165) is 11.1 Å². The molecule has 0 radical (unpaired) electrons. The first kappa shape index (κ1) is 12.9. The van der Waals surface area contributed by atoms with Crippen molar-refractivity contribution in [1.29, 1.82) is 0 Å². The summed E-state index contributed by atoms with van der Waals surface area (Å²) < 4.78 is 7.76. The molecule has 102 valence electrons. The number of nitrogens with zero attached hydrogens (tertiary/aromatic N) is 3. The highest BCUT2D eigenvalue weighted by atomic mass is 35.5. The number of rotatable bonds is 3. The molecule has 20 heavy (non-hydrogen) atoms. The molecule has 0 amide bonds. The summed E-state index contributed by atoms with van der Waals surface area (Å²) in [6.07, 6.45) is 3.41. The van der Waals surface area contributed by atoms with Gasteiger partial charge in [0.25, 0.3) is 0 Å². The Balaban J connectivity index is 2.08. The molecule has 0 aliphatic carbocycles. The number of hydrogen-bond acceptors (Lipinski definition) is 4. The summed E-state index contributed by atoms with van der Waals surface area (Å²) >= 11 is 6.12. The summed E-state index contributed by atoms with van der Waals surface area (Å²) in [5.41, 5.74) is 8.13. The first-order chi connectivity index (χ1) is 9.70. The van der Waals surface area contributed by atoms with Gasteiger partial charge in [-0.2, -0.15) is 0 Å². The molecule has 0 unspecified atom stereocenters. The predicted octanol–water partition coefficient (Wildman–Crippen LogP) is 2.87. The van der Waals surface area contributed by atoms with Gasteiger partial charge in [-0.3, -0.25) is 0 Å². The van der Waals surface area contributed by atoms with Gasteiger partial charge in [0.2, 0.25) is 5.88 Å². The van der Waals surface area contributed by atoms with Crippen LogP contribution in [-0.4, -0.2) is 14.5 Å². The van der Waals surface area contributed by atoms with Crippen molar-refractivity contribution < 1.29 is 4.74 Å². The Kier molecular flexibility index (Phi) is 3.30. The Morgan fingerprint density at radius 1 is 1.30 bits per heavy atom. The number of aromatic nitrogens is 3. The zero-order valence-corrected chi connectivity index (χ0v) is 11.6. The average molecular weight is 289 g/mol. The molecule has 0 fully saturated rings. The van der Waals surface area contributed by atoms with Crippen molar-refractivity contribution in [2.45, 2.75) is 6.54 Å². The second-order valence-electron chi connectivity index (χ2n) is 4.36. The van der Waals surface area contributed by atoms with Crippen molar-refractivity contribution in [1.82, 2.24) is 14.5 Å². The molecular formula is C14H13ClN4O. The van der Waals surface area contributed by atoms with Gasteiger partial charge in [0.05, 0.1) is 11.8 Å².